The molecule has 2 fully saturated rings. The van der Waals surface area contributed by atoms with E-state index in [1.807, 2.05) is 0 Å². The minimum absolute atomic E-state index is 0.361. The lowest BCUT2D eigenvalue weighted by Crippen LogP contribution is -2.50. The van der Waals surface area contributed by atoms with E-state index in [0.717, 1.165) is 38.4 Å². The maximum atomic E-state index is 4.50. The van der Waals surface area contributed by atoms with Crippen LogP contribution in [0.2, 0.25) is 0 Å². The van der Waals surface area contributed by atoms with Gasteiger partial charge in [0.2, 0.25) is 0 Å². The van der Waals surface area contributed by atoms with Crippen molar-refractivity contribution in [3.8, 4) is 0 Å². The molecule has 1 atom stereocenters. The Morgan fingerprint density at radius 2 is 2.19 bits per heavy atom. The Bertz CT molecular complexity index is 449. The fraction of sp³-hybridized carbons (Fsp3) is 0.875. The van der Waals surface area contributed by atoms with Gasteiger partial charge in [0.15, 0.2) is 0 Å². The minimum Gasteiger partial charge on any atom is -0.310 e. The molecule has 0 aromatic carbocycles. The number of nitrogens with one attached hydrogen (secondary N) is 1. The van der Waals surface area contributed by atoms with Gasteiger partial charge in [-0.3, -0.25) is 4.90 Å². The largest absolute Gasteiger partial charge is 0.310 e. The van der Waals surface area contributed by atoms with Crippen molar-refractivity contribution in [3.63, 3.8) is 0 Å². The van der Waals surface area contributed by atoms with Crippen molar-refractivity contribution in [1.29, 1.82) is 0 Å². The lowest BCUT2D eigenvalue weighted by molar-refractivity contribution is 0.154. The van der Waals surface area contributed by atoms with Crippen LogP contribution < -0.4 is 5.32 Å². The molecule has 1 aliphatic carbocycles. The number of hydrogen-bond acceptors (Lipinski definition) is 4. The molecule has 118 valence electrons. The van der Waals surface area contributed by atoms with Gasteiger partial charge in [-0.1, -0.05) is 19.8 Å². The summed E-state index contributed by atoms with van der Waals surface area (Å²) in [5.41, 5.74) is 0.361. The van der Waals surface area contributed by atoms with Crippen molar-refractivity contribution in [2.75, 3.05) is 13.1 Å². The summed E-state index contributed by atoms with van der Waals surface area (Å²) >= 11 is 0. The molecule has 1 unspecified atom stereocenters. The molecule has 1 aliphatic heterocycles. The van der Waals surface area contributed by atoms with Gasteiger partial charge in [0.25, 0.3) is 0 Å². The van der Waals surface area contributed by atoms with E-state index in [2.05, 4.69) is 38.8 Å². The molecule has 0 bridgehead atoms. The zero-order chi connectivity index (χ0) is 14.7. The summed E-state index contributed by atoms with van der Waals surface area (Å²) in [5.74, 6) is 1.12. The monoisotopic (exact) mass is 291 g/mol. The number of rotatable bonds is 4. The summed E-state index contributed by atoms with van der Waals surface area (Å²) in [7, 11) is 0. The highest BCUT2D eigenvalue weighted by Gasteiger charge is 2.38. The van der Waals surface area contributed by atoms with Crippen LogP contribution in [0.5, 0.6) is 0 Å². The molecule has 1 N–H and O–H groups in total. The van der Waals surface area contributed by atoms with E-state index in [1.54, 1.807) is 6.33 Å². The van der Waals surface area contributed by atoms with Gasteiger partial charge in [0, 0.05) is 24.7 Å². The summed E-state index contributed by atoms with van der Waals surface area (Å²) in [5, 5.41) is 8.22. The van der Waals surface area contributed by atoms with Crippen LogP contribution in [-0.4, -0.2) is 44.3 Å². The molecule has 21 heavy (non-hydrogen) atoms. The number of aromatic nitrogens is 3. The Morgan fingerprint density at radius 3 is 2.95 bits per heavy atom. The fourth-order valence-electron chi connectivity index (χ4n) is 3.92. The van der Waals surface area contributed by atoms with E-state index in [9.17, 15) is 0 Å². The maximum absolute atomic E-state index is 4.50. The van der Waals surface area contributed by atoms with Crippen LogP contribution in [0.25, 0.3) is 0 Å². The molecule has 2 heterocycles. The van der Waals surface area contributed by atoms with E-state index >= 15 is 0 Å². The summed E-state index contributed by atoms with van der Waals surface area (Å²) in [6.07, 6.45) is 9.45. The van der Waals surface area contributed by atoms with Crippen LogP contribution in [-0.2, 0) is 13.1 Å². The van der Waals surface area contributed by atoms with Crippen LogP contribution >= 0.6 is 0 Å². The van der Waals surface area contributed by atoms with Gasteiger partial charge >= 0.3 is 0 Å². The van der Waals surface area contributed by atoms with Gasteiger partial charge in [-0.25, -0.2) is 9.67 Å². The summed E-state index contributed by atoms with van der Waals surface area (Å²) in [6.45, 7) is 8.77. The van der Waals surface area contributed by atoms with Crippen molar-refractivity contribution in [1.82, 2.24) is 25.0 Å². The first-order valence-electron chi connectivity index (χ1n) is 8.58. The molecule has 2 aliphatic rings. The average Bonchev–Trinajstić information content (AvgIpc) is 3.05. The van der Waals surface area contributed by atoms with Gasteiger partial charge in [0.1, 0.15) is 12.2 Å². The molecule has 1 saturated heterocycles. The van der Waals surface area contributed by atoms with Crippen molar-refractivity contribution < 1.29 is 0 Å². The lowest BCUT2D eigenvalue weighted by Gasteiger charge is -2.35. The van der Waals surface area contributed by atoms with Crippen molar-refractivity contribution in [3.05, 3.63) is 12.2 Å². The van der Waals surface area contributed by atoms with E-state index in [4.69, 9.17) is 0 Å². The third-order valence-electron chi connectivity index (χ3n) is 5.23. The SMILES string of the molecule is CCCn1ncnc1CN1CC2(CCCC2)NCCC1C. The topological polar surface area (TPSA) is 46.0 Å². The van der Waals surface area contributed by atoms with Crippen molar-refractivity contribution in [2.24, 2.45) is 0 Å². The average molecular weight is 291 g/mol. The number of nitrogens with zero attached hydrogens (tertiary/aromatic N) is 4. The number of aryl methyl sites for hydroxylation is 1. The molecule has 1 spiro atoms. The highest BCUT2D eigenvalue weighted by Crippen LogP contribution is 2.33. The molecule has 1 aromatic heterocycles. The first kappa shape index (κ1) is 15.0. The first-order valence-corrected chi connectivity index (χ1v) is 8.58. The molecule has 0 radical (unpaired) electrons. The van der Waals surface area contributed by atoms with Crippen molar-refractivity contribution >= 4 is 0 Å². The molecule has 3 rings (SSSR count). The van der Waals surface area contributed by atoms with Crippen LogP contribution in [0.15, 0.2) is 6.33 Å². The highest BCUT2D eigenvalue weighted by atomic mass is 15.4. The maximum Gasteiger partial charge on any atom is 0.141 e. The Morgan fingerprint density at radius 1 is 1.38 bits per heavy atom. The van der Waals surface area contributed by atoms with Crippen LogP contribution in [0.3, 0.4) is 0 Å². The standard InChI is InChI=1S/C16H29N5/c1-3-10-21-15(17-13-19-21)11-20-12-16(7-4-5-8-16)18-9-6-14(20)2/h13-14,18H,3-12H2,1-2H3. The minimum atomic E-state index is 0.361. The van der Waals surface area contributed by atoms with Crippen LogP contribution in [0.1, 0.15) is 58.2 Å². The normalized spacial score (nSPS) is 26.3. The molecule has 5 nitrogen and oxygen atoms in total. The second-order valence-electron chi connectivity index (χ2n) is 6.86. The van der Waals surface area contributed by atoms with E-state index < -0.39 is 0 Å². The number of hydrogen-bond donors (Lipinski definition) is 1. The summed E-state index contributed by atoms with van der Waals surface area (Å²) < 4.78 is 2.08. The van der Waals surface area contributed by atoms with Crippen LogP contribution in [0.4, 0.5) is 0 Å². The molecule has 0 amide bonds. The zero-order valence-electron chi connectivity index (χ0n) is 13.5. The van der Waals surface area contributed by atoms with Crippen molar-refractivity contribution in [2.45, 2.75) is 77.0 Å². The first-order chi connectivity index (χ1) is 10.2. The molecule has 1 aromatic rings. The van der Waals surface area contributed by atoms with Gasteiger partial charge in [-0.05, 0) is 39.2 Å². The predicted molar refractivity (Wildman–Crippen MR) is 84.0 cm³/mol. The third kappa shape index (κ3) is 3.29. The quantitative estimate of drug-likeness (QED) is 0.923. The Hall–Kier alpha value is -0.940. The Labute approximate surface area is 128 Å². The molecule has 5 heteroatoms. The highest BCUT2D eigenvalue weighted by molar-refractivity contribution is 4.99. The van der Waals surface area contributed by atoms with E-state index in [0.29, 0.717) is 11.6 Å². The predicted octanol–water partition coefficient (Wildman–Crippen LogP) is 2.18. The van der Waals surface area contributed by atoms with Gasteiger partial charge in [-0.2, -0.15) is 5.10 Å². The Kier molecular flexibility index (Phi) is 4.60. The fourth-order valence-corrected chi connectivity index (χ4v) is 3.92. The van der Waals surface area contributed by atoms with Gasteiger partial charge in [0.05, 0.1) is 6.54 Å². The lowest BCUT2D eigenvalue weighted by atomic mass is 9.97. The summed E-state index contributed by atoms with van der Waals surface area (Å²) in [4.78, 5) is 7.13. The van der Waals surface area contributed by atoms with E-state index in [1.165, 1.54) is 32.1 Å². The second-order valence-corrected chi connectivity index (χ2v) is 6.86. The van der Waals surface area contributed by atoms with E-state index in [-0.39, 0.29) is 0 Å². The molecular formula is C16H29N5. The van der Waals surface area contributed by atoms with Crippen LogP contribution in [0, 0.1) is 0 Å². The third-order valence-corrected chi connectivity index (χ3v) is 5.23. The second kappa shape index (κ2) is 6.44. The molecular weight excluding hydrogens is 262 g/mol. The zero-order valence-corrected chi connectivity index (χ0v) is 13.5. The smallest absolute Gasteiger partial charge is 0.141 e. The Balaban J connectivity index is 1.73. The summed E-state index contributed by atoms with van der Waals surface area (Å²) in [6, 6.07) is 0.615. The molecule has 1 saturated carbocycles. The van der Waals surface area contributed by atoms with Gasteiger partial charge < -0.3 is 5.32 Å². The van der Waals surface area contributed by atoms with Gasteiger partial charge in [-0.15, -0.1) is 0 Å².